The smallest absolute Gasteiger partial charge is 0.342 e. The number of hydrogen-bond donors (Lipinski definition) is 1. The van der Waals surface area contributed by atoms with Gasteiger partial charge in [0.1, 0.15) is 11.3 Å². The number of amides is 1. The number of anilines is 1. The molecule has 25 heavy (non-hydrogen) atoms. The molecule has 0 aliphatic rings. The summed E-state index contributed by atoms with van der Waals surface area (Å²) >= 11 is 0. The first-order valence-corrected chi connectivity index (χ1v) is 8.19. The average molecular weight is 341 g/mol. The number of para-hydroxylation sites is 1. The molecule has 2 aromatic rings. The first-order chi connectivity index (χ1) is 11.9. The minimum absolute atomic E-state index is 0.305. The fraction of sp³-hybridized carbons (Fsp3) is 0.300. The molecule has 0 aliphatic heterocycles. The van der Waals surface area contributed by atoms with E-state index in [9.17, 15) is 9.59 Å². The molecule has 0 radical (unpaired) electrons. The number of nitrogens with one attached hydrogen (secondary N) is 1. The Labute approximate surface area is 148 Å². The molecular weight excluding hydrogens is 318 g/mol. The van der Waals surface area contributed by atoms with E-state index in [0.717, 1.165) is 22.4 Å². The SMILES string of the molecule is CCOc1ccccc1C(=O)OCC(=O)Nc1c(C)cc(C)cc1C. The van der Waals surface area contributed by atoms with Gasteiger partial charge in [-0.3, -0.25) is 4.79 Å². The van der Waals surface area contributed by atoms with Gasteiger partial charge in [-0.25, -0.2) is 4.79 Å². The van der Waals surface area contributed by atoms with Gasteiger partial charge in [0.25, 0.3) is 5.91 Å². The largest absolute Gasteiger partial charge is 0.493 e. The van der Waals surface area contributed by atoms with Crippen LogP contribution in [0.15, 0.2) is 36.4 Å². The minimum atomic E-state index is -0.587. The highest BCUT2D eigenvalue weighted by Gasteiger charge is 2.16. The third kappa shape index (κ3) is 4.83. The molecule has 0 unspecified atom stereocenters. The van der Waals surface area contributed by atoms with Crippen molar-refractivity contribution in [2.75, 3.05) is 18.5 Å². The quantitative estimate of drug-likeness (QED) is 0.812. The van der Waals surface area contributed by atoms with Crippen molar-refractivity contribution in [2.24, 2.45) is 0 Å². The van der Waals surface area contributed by atoms with Crippen LogP contribution in [-0.4, -0.2) is 25.1 Å². The van der Waals surface area contributed by atoms with Crippen LogP contribution < -0.4 is 10.1 Å². The molecule has 0 aromatic heterocycles. The van der Waals surface area contributed by atoms with Crippen LogP contribution >= 0.6 is 0 Å². The number of carbonyl (C=O) groups excluding carboxylic acids is 2. The van der Waals surface area contributed by atoms with Gasteiger partial charge < -0.3 is 14.8 Å². The summed E-state index contributed by atoms with van der Waals surface area (Å²) in [6.45, 7) is 7.79. The van der Waals surface area contributed by atoms with Crippen LogP contribution in [0.25, 0.3) is 0 Å². The number of ether oxygens (including phenoxy) is 2. The minimum Gasteiger partial charge on any atom is -0.493 e. The molecule has 5 heteroatoms. The van der Waals surface area contributed by atoms with E-state index in [-0.39, 0.29) is 12.5 Å². The summed E-state index contributed by atoms with van der Waals surface area (Å²) in [6, 6.07) is 10.8. The molecule has 1 N–H and O–H groups in total. The maximum Gasteiger partial charge on any atom is 0.342 e. The second-order valence-electron chi connectivity index (χ2n) is 5.83. The van der Waals surface area contributed by atoms with Gasteiger partial charge in [0.05, 0.1) is 6.61 Å². The lowest BCUT2D eigenvalue weighted by atomic mass is 10.1. The van der Waals surface area contributed by atoms with Crippen molar-refractivity contribution in [3.05, 3.63) is 58.7 Å². The summed E-state index contributed by atoms with van der Waals surface area (Å²) in [6.07, 6.45) is 0. The summed E-state index contributed by atoms with van der Waals surface area (Å²) < 4.78 is 10.5. The maximum atomic E-state index is 12.2. The molecule has 0 saturated carbocycles. The Morgan fingerprint density at radius 1 is 1.04 bits per heavy atom. The van der Waals surface area contributed by atoms with Crippen LogP contribution in [0, 0.1) is 20.8 Å². The van der Waals surface area contributed by atoms with Gasteiger partial charge in [-0.15, -0.1) is 0 Å². The highest BCUT2D eigenvalue weighted by Crippen LogP contribution is 2.22. The Morgan fingerprint density at radius 2 is 1.68 bits per heavy atom. The Kier molecular flexibility index (Phi) is 6.17. The zero-order valence-corrected chi connectivity index (χ0v) is 15.0. The Morgan fingerprint density at radius 3 is 2.32 bits per heavy atom. The molecule has 2 aromatic carbocycles. The van der Waals surface area contributed by atoms with Crippen molar-refractivity contribution >= 4 is 17.6 Å². The number of rotatable bonds is 6. The molecule has 0 spiro atoms. The van der Waals surface area contributed by atoms with E-state index in [4.69, 9.17) is 9.47 Å². The van der Waals surface area contributed by atoms with Crippen molar-refractivity contribution in [3.63, 3.8) is 0 Å². The lowest BCUT2D eigenvalue weighted by Crippen LogP contribution is -2.22. The van der Waals surface area contributed by atoms with E-state index in [1.165, 1.54) is 0 Å². The maximum absolute atomic E-state index is 12.2. The molecule has 0 heterocycles. The van der Waals surface area contributed by atoms with Crippen LogP contribution in [-0.2, 0) is 9.53 Å². The van der Waals surface area contributed by atoms with Crippen LogP contribution in [0.2, 0.25) is 0 Å². The van der Waals surface area contributed by atoms with Crippen LogP contribution in [0.5, 0.6) is 5.75 Å². The highest BCUT2D eigenvalue weighted by molar-refractivity contribution is 5.97. The standard InChI is InChI=1S/C20H23NO4/c1-5-24-17-9-7-6-8-16(17)20(23)25-12-18(22)21-19-14(3)10-13(2)11-15(19)4/h6-11H,5,12H2,1-4H3,(H,21,22). The van der Waals surface area contributed by atoms with E-state index in [1.54, 1.807) is 24.3 Å². The number of esters is 1. The molecule has 1 amide bonds. The lowest BCUT2D eigenvalue weighted by molar-refractivity contribution is -0.119. The van der Waals surface area contributed by atoms with Gasteiger partial charge in [0, 0.05) is 5.69 Å². The first kappa shape index (κ1) is 18.5. The Balaban J connectivity index is 2.00. The van der Waals surface area contributed by atoms with E-state index >= 15 is 0 Å². The first-order valence-electron chi connectivity index (χ1n) is 8.19. The number of hydrogen-bond acceptors (Lipinski definition) is 4. The Bertz CT molecular complexity index is 760. The van der Waals surface area contributed by atoms with Crippen molar-refractivity contribution in [1.29, 1.82) is 0 Å². The fourth-order valence-corrected chi connectivity index (χ4v) is 2.68. The van der Waals surface area contributed by atoms with E-state index < -0.39 is 5.97 Å². The van der Waals surface area contributed by atoms with Crippen molar-refractivity contribution < 1.29 is 19.1 Å². The van der Waals surface area contributed by atoms with Gasteiger partial charge in [-0.2, -0.15) is 0 Å². The summed E-state index contributed by atoms with van der Waals surface area (Å²) in [5.74, 6) is -0.519. The summed E-state index contributed by atoms with van der Waals surface area (Å²) in [5.41, 5.74) is 4.13. The van der Waals surface area contributed by atoms with E-state index in [1.807, 2.05) is 39.8 Å². The molecular formula is C20H23NO4. The van der Waals surface area contributed by atoms with Crippen LogP contribution in [0.3, 0.4) is 0 Å². The molecule has 0 aliphatic carbocycles. The zero-order valence-electron chi connectivity index (χ0n) is 15.0. The van der Waals surface area contributed by atoms with Gasteiger partial charge in [0.15, 0.2) is 6.61 Å². The number of aryl methyl sites for hydroxylation is 3. The normalized spacial score (nSPS) is 10.2. The third-order valence-electron chi connectivity index (χ3n) is 3.68. The number of benzene rings is 2. The fourth-order valence-electron chi connectivity index (χ4n) is 2.68. The molecule has 0 bridgehead atoms. The average Bonchev–Trinajstić information content (AvgIpc) is 2.56. The van der Waals surface area contributed by atoms with Crippen molar-refractivity contribution in [1.82, 2.24) is 0 Å². The second-order valence-corrected chi connectivity index (χ2v) is 5.83. The van der Waals surface area contributed by atoms with Crippen molar-refractivity contribution in [3.8, 4) is 5.75 Å². The topological polar surface area (TPSA) is 64.6 Å². The summed E-state index contributed by atoms with van der Waals surface area (Å²) in [7, 11) is 0. The number of carbonyl (C=O) groups is 2. The van der Waals surface area contributed by atoms with Gasteiger partial charge >= 0.3 is 5.97 Å². The third-order valence-corrected chi connectivity index (χ3v) is 3.68. The summed E-state index contributed by atoms with van der Waals surface area (Å²) in [5, 5.41) is 2.80. The summed E-state index contributed by atoms with van der Waals surface area (Å²) in [4.78, 5) is 24.3. The molecule has 132 valence electrons. The second kappa shape index (κ2) is 8.33. The van der Waals surface area contributed by atoms with Gasteiger partial charge in [-0.05, 0) is 51.0 Å². The Hall–Kier alpha value is -2.82. The zero-order chi connectivity index (χ0) is 18.4. The molecule has 0 fully saturated rings. The molecule has 0 saturated heterocycles. The van der Waals surface area contributed by atoms with E-state index in [0.29, 0.717) is 17.9 Å². The van der Waals surface area contributed by atoms with Gasteiger partial charge in [0.2, 0.25) is 0 Å². The molecule has 5 nitrogen and oxygen atoms in total. The van der Waals surface area contributed by atoms with Crippen molar-refractivity contribution in [2.45, 2.75) is 27.7 Å². The predicted molar refractivity (Wildman–Crippen MR) is 97.2 cm³/mol. The predicted octanol–water partition coefficient (Wildman–Crippen LogP) is 3.81. The highest BCUT2D eigenvalue weighted by atomic mass is 16.5. The van der Waals surface area contributed by atoms with Gasteiger partial charge in [-0.1, -0.05) is 29.8 Å². The lowest BCUT2D eigenvalue weighted by Gasteiger charge is -2.13. The van der Waals surface area contributed by atoms with Crippen LogP contribution in [0.4, 0.5) is 5.69 Å². The molecule has 2 rings (SSSR count). The van der Waals surface area contributed by atoms with Crippen LogP contribution in [0.1, 0.15) is 34.0 Å². The molecule has 0 atom stereocenters. The monoisotopic (exact) mass is 341 g/mol. The van der Waals surface area contributed by atoms with E-state index in [2.05, 4.69) is 5.32 Å².